The molecule has 2 heterocycles. The Balaban J connectivity index is 1.85. The number of esters is 1. The van der Waals surface area contributed by atoms with Crippen LogP contribution in [0.25, 0.3) is 5.70 Å². The number of benzene rings is 2. The highest BCUT2D eigenvalue weighted by Gasteiger charge is 2.39. The molecule has 0 amide bonds. The van der Waals surface area contributed by atoms with Gasteiger partial charge < -0.3 is 10.1 Å². The summed E-state index contributed by atoms with van der Waals surface area (Å²) in [7, 11) is 1.21. The number of ether oxygens (including phenoxy) is 1. The number of carbonyl (C=O) groups is 1. The van der Waals surface area contributed by atoms with E-state index in [1.54, 1.807) is 0 Å². The van der Waals surface area contributed by atoms with Crippen LogP contribution in [0.15, 0.2) is 48.5 Å². The minimum atomic E-state index is -4.82. The number of nitrogens with zero attached hydrogens (tertiary/aromatic N) is 3. The van der Waals surface area contributed by atoms with Crippen molar-refractivity contribution in [3.05, 3.63) is 82.7 Å². The Hall–Kier alpha value is -3.76. The Morgan fingerprint density at radius 1 is 1.10 bits per heavy atom. The van der Waals surface area contributed by atoms with Crippen molar-refractivity contribution in [1.82, 2.24) is 14.8 Å². The van der Waals surface area contributed by atoms with Gasteiger partial charge in [-0.05, 0) is 35.9 Å². The molecule has 6 nitrogen and oxygen atoms in total. The molecule has 0 saturated carbocycles. The molecular formula is C20H13F5N4O2. The van der Waals surface area contributed by atoms with Crippen molar-refractivity contribution in [2.45, 2.75) is 12.2 Å². The average molecular weight is 436 g/mol. The molecule has 1 aliphatic heterocycles. The van der Waals surface area contributed by atoms with Crippen molar-refractivity contribution in [1.29, 1.82) is 0 Å². The van der Waals surface area contributed by atoms with Gasteiger partial charge in [-0.3, -0.25) is 0 Å². The second-order valence-corrected chi connectivity index (χ2v) is 6.56. The van der Waals surface area contributed by atoms with E-state index >= 15 is 0 Å². The molecule has 0 radical (unpaired) electrons. The topological polar surface area (TPSA) is 69.0 Å². The van der Waals surface area contributed by atoms with Gasteiger partial charge in [-0.25, -0.2) is 18.3 Å². The first-order chi connectivity index (χ1) is 14.7. The summed E-state index contributed by atoms with van der Waals surface area (Å²) in [6.07, 6.45) is -3.49. The van der Waals surface area contributed by atoms with Gasteiger partial charge in [0.15, 0.2) is 0 Å². The fraction of sp³-hybridized carbons (Fsp3) is 0.150. The van der Waals surface area contributed by atoms with Gasteiger partial charge in [0.25, 0.3) is 5.82 Å². The van der Waals surface area contributed by atoms with E-state index in [1.807, 2.05) is 0 Å². The van der Waals surface area contributed by atoms with Crippen molar-refractivity contribution < 1.29 is 31.5 Å². The van der Waals surface area contributed by atoms with Gasteiger partial charge in [0.05, 0.1) is 23.9 Å². The second-order valence-electron chi connectivity index (χ2n) is 6.56. The largest absolute Gasteiger partial charge is 0.465 e. The number of anilines is 1. The van der Waals surface area contributed by atoms with E-state index in [2.05, 4.69) is 20.1 Å². The zero-order valence-electron chi connectivity index (χ0n) is 15.7. The fourth-order valence-corrected chi connectivity index (χ4v) is 3.19. The zero-order chi connectivity index (χ0) is 22.3. The number of allylic oxidation sites excluding steroid dienone is 1. The maximum atomic E-state index is 14.3. The molecule has 0 saturated heterocycles. The molecule has 1 aliphatic rings. The first-order valence-electron chi connectivity index (χ1n) is 8.84. The Labute approximate surface area is 172 Å². The lowest BCUT2D eigenvalue weighted by Gasteiger charge is -2.24. The SMILES string of the molecule is COC(=O)c1ccc(C2C=C(c3c(F)cccc3F)Nc3nc(C(F)(F)F)nn32)cc1. The average Bonchev–Trinajstić information content (AvgIpc) is 3.17. The molecule has 160 valence electrons. The van der Waals surface area contributed by atoms with Crippen molar-refractivity contribution in [2.75, 3.05) is 12.4 Å². The number of hydrogen-bond donors (Lipinski definition) is 1. The van der Waals surface area contributed by atoms with E-state index in [0.29, 0.717) is 5.56 Å². The summed E-state index contributed by atoms with van der Waals surface area (Å²) in [5.41, 5.74) is 0.0790. The van der Waals surface area contributed by atoms with Crippen LogP contribution in [-0.4, -0.2) is 27.8 Å². The number of hydrogen-bond acceptors (Lipinski definition) is 5. The third kappa shape index (κ3) is 3.74. The quantitative estimate of drug-likeness (QED) is 0.487. The number of carbonyl (C=O) groups excluding carboxylic acids is 1. The van der Waals surface area contributed by atoms with Crippen LogP contribution in [0.3, 0.4) is 0 Å². The van der Waals surface area contributed by atoms with Gasteiger partial charge in [0, 0.05) is 0 Å². The molecule has 1 atom stereocenters. The summed E-state index contributed by atoms with van der Waals surface area (Å²) >= 11 is 0. The number of nitrogens with one attached hydrogen (secondary N) is 1. The number of fused-ring (bicyclic) bond motifs is 1. The maximum Gasteiger partial charge on any atom is 0.453 e. The molecule has 0 fully saturated rings. The normalized spacial score (nSPS) is 15.7. The van der Waals surface area contributed by atoms with Gasteiger partial charge in [-0.15, -0.1) is 5.10 Å². The molecular weight excluding hydrogens is 423 g/mol. The first kappa shape index (κ1) is 20.5. The summed E-state index contributed by atoms with van der Waals surface area (Å²) in [6, 6.07) is 8.04. The van der Waals surface area contributed by atoms with Gasteiger partial charge in [-0.1, -0.05) is 18.2 Å². The minimum absolute atomic E-state index is 0.105. The first-order valence-corrected chi connectivity index (χ1v) is 8.84. The van der Waals surface area contributed by atoms with Crippen molar-refractivity contribution in [3.63, 3.8) is 0 Å². The van der Waals surface area contributed by atoms with E-state index in [4.69, 9.17) is 0 Å². The Morgan fingerprint density at radius 2 is 1.74 bits per heavy atom. The molecule has 31 heavy (non-hydrogen) atoms. The third-order valence-corrected chi connectivity index (χ3v) is 4.62. The minimum Gasteiger partial charge on any atom is -0.465 e. The summed E-state index contributed by atoms with van der Waals surface area (Å²) < 4.78 is 73.8. The molecule has 2 aromatic carbocycles. The monoisotopic (exact) mass is 436 g/mol. The van der Waals surface area contributed by atoms with Gasteiger partial charge in [-0.2, -0.15) is 18.2 Å². The van der Waals surface area contributed by atoms with Crippen LogP contribution in [0.4, 0.5) is 27.9 Å². The van der Waals surface area contributed by atoms with Crippen LogP contribution in [0, 0.1) is 11.6 Å². The molecule has 0 bridgehead atoms. The molecule has 0 aliphatic carbocycles. The van der Waals surface area contributed by atoms with Crippen molar-refractivity contribution >= 4 is 17.6 Å². The highest BCUT2D eigenvalue weighted by Crippen LogP contribution is 2.36. The van der Waals surface area contributed by atoms with E-state index in [9.17, 15) is 26.7 Å². The molecule has 3 aromatic rings. The zero-order valence-corrected chi connectivity index (χ0v) is 15.7. The summed E-state index contributed by atoms with van der Waals surface area (Å²) in [5.74, 6) is -4.14. The lowest BCUT2D eigenvalue weighted by molar-refractivity contribution is -0.145. The van der Waals surface area contributed by atoms with Gasteiger partial charge >= 0.3 is 12.1 Å². The van der Waals surface area contributed by atoms with E-state index in [0.717, 1.165) is 16.8 Å². The Morgan fingerprint density at radius 3 is 2.32 bits per heavy atom. The van der Waals surface area contributed by atoms with Gasteiger partial charge in [0.2, 0.25) is 5.95 Å². The molecule has 0 spiro atoms. The van der Waals surface area contributed by atoms with Gasteiger partial charge in [0.1, 0.15) is 17.7 Å². The number of rotatable bonds is 3. The second kappa shape index (κ2) is 7.49. The maximum absolute atomic E-state index is 14.3. The molecule has 11 heteroatoms. The van der Waals surface area contributed by atoms with E-state index in [1.165, 1.54) is 43.5 Å². The Kier molecular flexibility index (Phi) is 4.96. The summed E-state index contributed by atoms with van der Waals surface area (Å²) in [5, 5.41) is 6.04. The fourth-order valence-electron chi connectivity index (χ4n) is 3.19. The summed E-state index contributed by atoms with van der Waals surface area (Å²) in [4.78, 5) is 15.1. The van der Waals surface area contributed by atoms with Crippen LogP contribution in [0.2, 0.25) is 0 Å². The number of aromatic nitrogens is 3. The highest BCUT2D eigenvalue weighted by molar-refractivity contribution is 5.89. The molecule has 4 rings (SSSR count). The van der Waals surface area contributed by atoms with E-state index < -0.39 is 41.2 Å². The smallest absolute Gasteiger partial charge is 0.453 e. The van der Waals surface area contributed by atoms with Crippen LogP contribution in [-0.2, 0) is 10.9 Å². The standard InChI is InChI=1S/C20H13F5N4O2/c1-31-17(30)11-7-5-10(6-8-11)15-9-14(16-12(21)3-2-4-13(16)22)26-19-27-18(20(23,24)25)28-29(15)19/h2-9,15H,1H3,(H,26,27,28). The molecule has 1 aromatic heterocycles. The lowest BCUT2D eigenvalue weighted by Crippen LogP contribution is -2.21. The Bertz CT molecular complexity index is 1170. The number of alkyl halides is 3. The van der Waals surface area contributed by atoms with Crippen LogP contribution >= 0.6 is 0 Å². The van der Waals surface area contributed by atoms with Crippen molar-refractivity contribution in [3.8, 4) is 0 Å². The predicted molar refractivity (Wildman–Crippen MR) is 98.9 cm³/mol. The number of halogens is 5. The van der Waals surface area contributed by atoms with Crippen molar-refractivity contribution in [2.24, 2.45) is 0 Å². The summed E-state index contributed by atoms with van der Waals surface area (Å²) in [6.45, 7) is 0. The van der Waals surface area contributed by atoms with Crippen LogP contribution in [0.5, 0.6) is 0 Å². The van der Waals surface area contributed by atoms with E-state index in [-0.39, 0.29) is 17.2 Å². The predicted octanol–water partition coefficient (Wildman–Crippen LogP) is 4.42. The molecule has 1 N–H and O–H groups in total. The number of methoxy groups -OCH3 is 1. The van der Waals surface area contributed by atoms with Crippen LogP contribution in [0.1, 0.15) is 33.4 Å². The molecule has 1 unspecified atom stereocenters. The lowest BCUT2D eigenvalue weighted by atomic mass is 10.00. The van der Waals surface area contributed by atoms with Crippen LogP contribution < -0.4 is 5.32 Å². The third-order valence-electron chi connectivity index (χ3n) is 4.62. The highest BCUT2D eigenvalue weighted by atomic mass is 19.4.